The Kier molecular flexibility index (Phi) is 3.06. The lowest BCUT2D eigenvalue weighted by molar-refractivity contribution is 0.513. The highest BCUT2D eigenvalue weighted by Crippen LogP contribution is 2.23. The molecule has 0 aliphatic carbocycles. The first kappa shape index (κ1) is 9.49. The van der Waals surface area contributed by atoms with Crippen LogP contribution in [0.5, 0.6) is 0 Å². The van der Waals surface area contributed by atoms with Crippen LogP contribution >= 0.6 is 11.6 Å². The molecule has 0 amide bonds. The molecule has 1 aromatic heterocycles. The van der Waals surface area contributed by atoms with Gasteiger partial charge in [0.2, 0.25) is 0 Å². The van der Waals surface area contributed by atoms with Gasteiger partial charge in [-0.1, -0.05) is 31.5 Å². The molecule has 1 heterocycles. The molecule has 0 aliphatic heterocycles. The van der Waals surface area contributed by atoms with Crippen molar-refractivity contribution in [1.29, 1.82) is 0 Å². The van der Waals surface area contributed by atoms with Gasteiger partial charge in [0, 0.05) is 17.8 Å². The van der Waals surface area contributed by atoms with Crippen molar-refractivity contribution in [2.75, 3.05) is 0 Å². The second-order valence-electron chi connectivity index (χ2n) is 3.15. The van der Waals surface area contributed by atoms with Gasteiger partial charge in [0.1, 0.15) is 5.15 Å². The van der Waals surface area contributed by atoms with Crippen molar-refractivity contribution in [2.24, 2.45) is 11.7 Å². The molecule has 0 radical (unpaired) electrons. The smallest absolute Gasteiger partial charge is 0.133 e. The molecule has 1 rings (SSSR count). The zero-order valence-electron chi connectivity index (χ0n) is 7.29. The highest BCUT2D eigenvalue weighted by atomic mass is 35.5. The van der Waals surface area contributed by atoms with Gasteiger partial charge in [0.05, 0.1) is 0 Å². The molecule has 0 aliphatic rings. The fourth-order valence-electron chi connectivity index (χ4n) is 1.01. The lowest BCUT2D eigenvalue weighted by Gasteiger charge is -2.16. The Hall–Kier alpha value is -0.600. The van der Waals surface area contributed by atoms with Gasteiger partial charge >= 0.3 is 0 Å². The van der Waals surface area contributed by atoms with Gasteiger partial charge < -0.3 is 5.73 Å². The van der Waals surface area contributed by atoms with E-state index in [4.69, 9.17) is 17.3 Å². The van der Waals surface area contributed by atoms with Crippen LogP contribution in [0.15, 0.2) is 18.3 Å². The number of hydrogen-bond donors (Lipinski definition) is 1. The van der Waals surface area contributed by atoms with Gasteiger partial charge in [-0.05, 0) is 12.0 Å². The summed E-state index contributed by atoms with van der Waals surface area (Å²) in [5, 5.41) is 0.513. The maximum absolute atomic E-state index is 5.91. The van der Waals surface area contributed by atoms with E-state index < -0.39 is 0 Å². The van der Waals surface area contributed by atoms with Crippen molar-refractivity contribution >= 4 is 11.6 Å². The maximum Gasteiger partial charge on any atom is 0.133 e. The van der Waals surface area contributed by atoms with Crippen molar-refractivity contribution in [2.45, 2.75) is 19.9 Å². The molecule has 66 valence electrons. The van der Waals surface area contributed by atoms with Gasteiger partial charge in [0.15, 0.2) is 0 Å². The van der Waals surface area contributed by atoms with E-state index in [2.05, 4.69) is 18.8 Å². The Balaban J connectivity index is 2.94. The minimum atomic E-state index is -0.0220. The molecule has 0 saturated carbocycles. The quantitative estimate of drug-likeness (QED) is 0.717. The van der Waals surface area contributed by atoms with Crippen molar-refractivity contribution < 1.29 is 0 Å². The third kappa shape index (κ3) is 1.96. The van der Waals surface area contributed by atoms with Gasteiger partial charge in [-0.3, -0.25) is 0 Å². The fraction of sp³-hybridized carbons (Fsp3) is 0.444. The van der Waals surface area contributed by atoms with Crippen LogP contribution < -0.4 is 5.73 Å². The second kappa shape index (κ2) is 3.87. The van der Waals surface area contributed by atoms with Crippen LogP contribution in [0, 0.1) is 5.92 Å². The largest absolute Gasteiger partial charge is 0.324 e. The summed E-state index contributed by atoms with van der Waals surface area (Å²) in [4.78, 5) is 3.97. The normalized spacial score (nSPS) is 13.4. The van der Waals surface area contributed by atoms with E-state index in [1.807, 2.05) is 12.1 Å². The van der Waals surface area contributed by atoms with Crippen molar-refractivity contribution in [3.8, 4) is 0 Å². The molecule has 1 atom stereocenters. The van der Waals surface area contributed by atoms with Crippen LogP contribution in [0.4, 0.5) is 0 Å². The number of hydrogen-bond acceptors (Lipinski definition) is 2. The molecule has 0 unspecified atom stereocenters. The third-order valence-corrected chi connectivity index (χ3v) is 2.18. The second-order valence-corrected chi connectivity index (χ2v) is 3.51. The number of aromatic nitrogens is 1. The lowest BCUT2D eigenvalue weighted by Crippen LogP contribution is -2.17. The van der Waals surface area contributed by atoms with Crippen LogP contribution in [0.2, 0.25) is 5.15 Å². The first-order chi connectivity index (χ1) is 5.63. The average Bonchev–Trinajstić information content (AvgIpc) is 2.04. The Labute approximate surface area is 77.8 Å². The van der Waals surface area contributed by atoms with Gasteiger partial charge in [-0.2, -0.15) is 0 Å². The van der Waals surface area contributed by atoms with E-state index in [0.29, 0.717) is 11.1 Å². The fourth-order valence-corrected chi connectivity index (χ4v) is 1.25. The van der Waals surface area contributed by atoms with Gasteiger partial charge in [-0.25, -0.2) is 4.98 Å². The predicted molar refractivity (Wildman–Crippen MR) is 51.0 cm³/mol. The molecular formula is C9H13ClN2. The van der Waals surface area contributed by atoms with E-state index in [0.717, 1.165) is 5.56 Å². The molecule has 0 spiro atoms. The van der Waals surface area contributed by atoms with E-state index >= 15 is 0 Å². The summed E-state index contributed by atoms with van der Waals surface area (Å²) in [5.74, 6) is 0.381. The van der Waals surface area contributed by atoms with Gasteiger partial charge in [-0.15, -0.1) is 0 Å². The molecule has 0 aromatic carbocycles. The minimum absolute atomic E-state index is 0.0220. The molecule has 2 N–H and O–H groups in total. The average molecular weight is 185 g/mol. The summed E-state index contributed by atoms with van der Waals surface area (Å²) in [5.41, 5.74) is 6.84. The Morgan fingerprint density at radius 1 is 1.50 bits per heavy atom. The summed E-state index contributed by atoms with van der Waals surface area (Å²) in [6.07, 6.45) is 1.67. The summed E-state index contributed by atoms with van der Waals surface area (Å²) in [7, 11) is 0. The Morgan fingerprint density at radius 3 is 2.67 bits per heavy atom. The zero-order chi connectivity index (χ0) is 9.14. The van der Waals surface area contributed by atoms with Crippen LogP contribution in [-0.4, -0.2) is 4.98 Å². The van der Waals surface area contributed by atoms with Crippen LogP contribution in [0.25, 0.3) is 0 Å². The summed E-state index contributed by atoms with van der Waals surface area (Å²) >= 11 is 5.87. The van der Waals surface area contributed by atoms with E-state index in [1.165, 1.54) is 0 Å². The molecule has 2 nitrogen and oxygen atoms in total. The summed E-state index contributed by atoms with van der Waals surface area (Å²) < 4.78 is 0. The number of nitrogens with two attached hydrogens (primary N) is 1. The van der Waals surface area contributed by atoms with Gasteiger partial charge in [0.25, 0.3) is 0 Å². The SMILES string of the molecule is CC(C)[C@H](N)c1cccnc1Cl. The lowest BCUT2D eigenvalue weighted by atomic mass is 9.99. The first-order valence-electron chi connectivity index (χ1n) is 3.99. The van der Waals surface area contributed by atoms with Crippen molar-refractivity contribution in [1.82, 2.24) is 4.98 Å². The minimum Gasteiger partial charge on any atom is -0.324 e. The highest BCUT2D eigenvalue weighted by molar-refractivity contribution is 6.30. The van der Waals surface area contributed by atoms with E-state index in [9.17, 15) is 0 Å². The molecule has 1 aromatic rings. The number of rotatable bonds is 2. The Morgan fingerprint density at radius 2 is 2.17 bits per heavy atom. The molecule has 0 fully saturated rings. The number of halogens is 1. The third-order valence-electron chi connectivity index (χ3n) is 1.87. The maximum atomic E-state index is 5.91. The highest BCUT2D eigenvalue weighted by Gasteiger charge is 2.13. The van der Waals surface area contributed by atoms with E-state index in [-0.39, 0.29) is 6.04 Å². The molecular weight excluding hydrogens is 172 g/mol. The summed E-state index contributed by atoms with van der Waals surface area (Å²) in [6.45, 7) is 4.13. The summed E-state index contributed by atoms with van der Waals surface area (Å²) in [6, 6.07) is 3.75. The molecule has 3 heteroatoms. The zero-order valence-corrected chi connectivity index (χ0v) is 8.05. The van der Waals surface area contributed by atoms with E-state index in [1.54, 1.807) is 6.20 Å². The Bertz CT molecular complexity index is 260. The number of nitrogens with zero attached hydrogens (tertiary/aromatic N) is 1. The van der Waals surface area contributed by atoms with Crippen LogP contribution in [0.3, 0.4) is 0 Å². The monoisotopic (exact) mass is 184 g/mol. The topological polar surface area (TPSA) is 38.9 Å². The van der Waals surface area contributed by atoms with Crippen LogP contribution in [-0.2, 0) is 0 Å². The molecule has 0 saturated heterocycles. The first-order valence-corrected chi connectivity index (χ1v) is 4.36. The van der Waals surface area contributed by atoms with Crippen LogP contribution in [0.1, 0.15) is 25.5 Å². The molecule has 12 heavy (non-hydrogen) atoms. The molecule has 0 bridgehead atoms. The predicted octanol–water partition coefficient (Wildman–Crippen LogP) is 2.39. The van der Waals surface area contributed by atoms with Crippen molar-refractivity contribution in [3.63, 3.8) is 0 Å². The standard InChI is InChI=1S/C9H13ClN2/c1-6(2)8(11)7-4-3-5-12-9(7)10/h3-6,8H,11H2,1-2H3/t8-/m0/s1. The van der Waals surface area contributed by atoms with Crippen molar-refractivity contribution in [3.05, 3.63) is 29.0 Å². The number of pyridine rings is 1.